The van der Waals surface area contributed by atoms with Crippen molar-refractivity contribution in [1.29, 1.82) is 0 Å². The molecule has 0 aromatic heterocycles. The smallest absolute Gasteiger partial charge is 0.409 e. The number of likely N-dealkylation sites (tertiary alicyclic amines) is 1. The second kappa shape index (κ2) is 5.04. The van der Waals surface area contributed by atoms with Crippen LogP contribution in [-0.2, 0) is 4.74 Å². The van der Waals surface area contributed by atoms with Gasteiger partial charge in [0.15, 0.2) is 0 Å². The van der Waals surface area contributed by atoms with Crippen molar-refractivity contribution < 1.29 is 9.53 Å². The molecule has 1 aliphatic heterocycles. The lowest BCUT2D eigenvalue weighted by molar-refractivity contribution is 0.124. The Bertz CT molecular complexity index is 402. The summed E-state index contributed by atoms with van der Waals surface area (Å²) in [5.74, 6) is 0.327. The van der Waals surface area contributed by atoms with E-state index in [-0.39, 0.29) is 12.1 Å². The van der Waals surface area contributed by atoms with Crippen molar-refractivity contribution in [3.63, 3.8) is 0 Å². The van der Waals surface area contributed by atoms with E-state index in [2.05, 4.69) is 18.7 Å². The number of amides is 1. The molecule has 2 rings (SSSR count). The standard InChI is InChI=1S/C14H17NO2/c1-3-13-12(11-7-5-4-6-8-11)9-10-15(13)14(16)17-2/h3-8,12-13H,1,9-10H2,2H3/t12-,13-/m1/s1. The third-order valence-electron chi connectivity index (χ3n) is 3.33. The maximum absolute atomic E-state index is 11.6. The highest BCUT2D eigenvalue weighted by atomic mass is 16.5. The summed E-state index contributed by atoms with van der Waals surface area (Å²) < 4.78 is 4.79. The SMILES string of the molecule is C=C[C@@H]1[C@@H](c2ccccc2)CCN1C(=O)OC. The molecule has 1 fully saturated rings. The van der Waals surface area contributed by atoms with Crippen LogP contribution in [0.2, 0.25) is 0 Å². The molecule has 1 aliphatic rings. The molecular weight excluding hydrogens is 214 g/mol. The van der Waals surface area contributed by atoms with Gasteiger partial charge in [-0.15, -0.1) is 6.58 Å². The number of benzene rings is 1. The fourth-order valence-electron chi connectivity index (χ4n) is 2.50. The summed E-state index contributed by atoms with van der Waals surface area (Å²) in [5, 5.41) is 0. The highest BCUT2D eigenvalue weighted by Crippen LogP contribution is 2.34. The van der Waals surface area contributed by atoms with Crippen molar-refractivity contribution in [3.8, 4) is 0 Å². The van der Waals surface area contributed by atoms with Crippen LogP contribution in [0.25, 0.3) is 0 Å². The largest absolute Gasteiger partial charge is 0.453 e. The third-order valence-corrected chi connectivity index (χ3v) is 3.33. The second-order valence-corrected chi connectivity index (χ2v) is 4.20. The van der Waals surface area contributed by atoms with Crippen molar-refractivity contribution in [3.05, 3.63) is 48.6 Å². The summed E-state index contributed by atoms with van der Waals surface area (Å²) >= 11 is 0. The first-order valence-electron chi connectivity index (χ1n) is 5.80. The first-order valence-corrected chi connectivity index (χ1v) is 5.80. The predicted molar refractivity (Wildman–Crippen MR) is 66.9 cm³/mol. The van der Waals surface area contributed by atoms with Crippen molar-refractivity contribution >= 4 is 6.09 Å². The fourth-order valence-corrected chi connectivity index (χ4v) is 2.50. The van der Waals surface area contributed by atoms with Crippen LogP contribution in [0.1, 0.15) is 17.9 Å². The van der Waals surface area contributed by atoms with Gasteiger partial charge in [0.2, 0.25) is 0 Å². The molecule has 1 aromatic rings. The van der Waals surface area contributed by atoms with Crippen LogP contribution in [0.4, 0.5) is 4.79 Å². The number of carbonyl (C=O) groups is 1. The normalized spacial score (nSPS) is 23.5. The van der Waals surface area contributed by atoms with Crippen LogP contribution in [0.3, 0.4) is 0 Å². The summed E-state index contributed by atoms with van der Waals surface area (Å²) in [6.07, 6.45) is 2.52. The zero-order valence-electron chi connectivity index (χ0n) is 10.0. The minimum atomic E-state index is -0.270. The van der Waals surface area contributed by atoms with Gasteiger partial charge >= 0.3 is 6.09 Å². The number of carbonyl (C=O) groups excluding carboxylic acids is 1. The molecular formula is C14H17NO2. The molecule has 90 valence electrons. The van der Waals surface area contributed by atoms with Gasteiger partial charge in [0.25, 0.3) is 0 Å². The van der Waals surface area contributed by atoms with E-state index < -0.39 is 0 Å². The number of methoxy groups -OCH3 is 1. The molecule has 2 atom stereocenters. The molecule has 1 heterocycles. The average Bonchev–Trinajstić information content (AvgIpc) is 2.82. The van der Waals surface area contributed by atoms with E-state index in [1.807, 2.05) is 24.3 Å². The van der Waals surface area contributed by atoms with Crippen molar-refractivity contribution in [1.82, 2.24) is 4.90 Å². The lowest BCUT2D eigenvalue weighted by atomic mass is 9.92. The van der Waals surface area contributed by atoms with Gasteiger partial charge in [-0.3, -0.25) is 0 Å². The Labute approximate surface area is 102 Å². The molecule has 0 saturated carbocycles. The number of ether oxygens (including phenoxy) is 1. The van der Waals surface area contributed by atoms with Crippen molar-refractivity contribution in [2.75, 3.05) is 13.7 Å². The molecule has 1 aromatic carbocycles. The summed E-state index contributed by atoms with van der Waals surface area (Å²) in [6.45, 7) is 4.56. The zero-order valence-corrected chi connectivity index (χ0v) is 10.0. The first kappa shape index (κ1) is 11.7. The lowest BCUT2D eigenvalue weighted by Crippen LogP contribution is -2.35. The molecule has 3 heteroatoms. The van der Waals surface area contributed by atoms with Gasteiger partial charge in [-0.2, -0.15) is 0 Å². The molecule has 0 unspecified atom stereocenters. The van der Waals surface area contributed by atoms with Gasteiger partial charge in [-0.1, -0.05) is 36.4 Å². The van der Waals surface area contributed by atoms with E-state index in [0.29, 0.717) is 5.92 Å². The number of rotatable bonds is 2. The van der Waals surface area contributed by atoms with Gasteiger partial charge in [0, 0.05) is 12.5 Å². The minimum Gasteiger partial charge on any atom is -0.453 e. The predicted octanol–water partition coefficient (Wildman–Crippen LogP) is 2.80. The van der Waals surface area contributed by atoms with Crippen LogP contribution < -0.4 is 0 Å². The van der Waals surface area contributed by atoms with Gasteiger partial charge < -0.3 is 9.64 Å². The van der Waals surface area contributed by atoms with Gasteiger partial charge in [0.05, 0.1) is 13.2 Å². The molecule has 0 spiro atoms. The number of hydrogen-bond acceptors (Lipinski definition) is 2. The summed E-state index contributed by atoms with van der Waals surface area (Å²) in [4.78, 5) is 13.4. The number of nitrogens with zero attached hydrogens (tertiary/aromatic N) is 1. The average molecular weight is 231 g/mol. The minimum absolute atomic E-state index is 0.0323. The molecule has 17 heavy (non-hydrogen) atoms. The molecule has 0 aliphatic carbocycles. The quantitative estimate of drug-likeness (QED) is 0.732. The molecule has 0 N–H and O–H groups in total. The van der Waals surface area contributed by atoms with E-state index in [0.717, 1.165) is 13.0 Å². The monoisotopic (exact) mass is 231 g/mol. The van der Waals surface area contributed by atoms with E-state index in [4.69, 9.17) is 4.74 Å². The highest BCUT2D eigenvalue weighted by molar-refractivity contribution is 5.69. The lowest BCUT2D eigenvalue weighted by Gasteiger charge is -2.24. The molecule has 0 bridgehead atoms. The summed E-state index contributed by atoms with van der Waals surface area (Å²) in [5.41, 5.74) is 1.25. The Morgan fingerprint density at radius 1 is 1.47 bits per heavy atom. The van der Waals surface area contributed by atoms with E-state index >= 15 is 0 Å². The Kier molecular flexibility index (Phi) is 3.47. The number of hydrogen-bond donors (Lipinski definition) is 0. The Morgan fingerprint density at radius 3 is 2.76 bits per heavy atom. The Morgan fingerprint density at radius 2 is 2.18 bits per heavy atom. The molecule has 1 amide bonds. The van der Waals surface area contributed by atoms with Crippen LogP contribution in [-0.4, -0.2) is 30.7 Å². The molecule has 1 saturated heterocycles. The Hall–Kier alpha value is -1.77. The fraction of sp³-hybridized carbons (Fsp3) is 0.357. The zero-order chi connectivity index (χ0) is 12.3. The maximum atomic E-state index is 11.6. The molecule has 3 nitrogen and oxygen atoms in total. The topological polar surface area (TPSA) is 29.5 Å². The second-order valence-electron chi connectivity index (χ2n) is 4.20. The highest BCUT2D eigenvalue weighted by Gasteiger charge is 2.36. The summed E-state index contributed by atoms with van der Waals surface area (Å²) in [7, 11) is 1.42. The van der Waals surface area contributed by atoms with Gasteiger partial charge in [-0.05, 0) is 12.0 Å². The van der Waals surface area contributed by atoms with Gasteiger partial charge in [0.1, 0.15) is 0 Å². The van der Waals surface area contributed by atoms with E-state index in [1.54, 1.807) is 4.90 Å². The van der Waals surface area contributed by atoms with Crippen molar-refractivity contribution in [2.24, 2.45) is 0 Å². The van der Waals surface area contributed by atoms with Crippen molar-refractivity contribution in [2.45, 2.75) is 18.4 Å². The molecule has 0 radical (unpaired) electrons. The van der Waals surface area contributed by atoms with E-state index in [1.165, 1.54) is 12.7 Å². The van der Waals surface area contributed by atoms with Crippen LogP contribution >= 0.6 is 0 Å². The third kappa shape index (κ3) is 2.18. The first-order chi connectivity index (χ1) is 8.27. The van der Waals surface area contributed by atoms with Crippen LogP contribution in [0.5, 0.6) is 0 Å². The maximum Gasteiger partial charge on any atom is 0.409 e. The van der Waals surface area contributed by atoms with Gasteiger partial charge in [-0.25, -0.2) is 4.79 Å². The van der Waals surface area contributed by atoms with Crippen LogP contribution in [0.15, 0.2) is 43.0 Å². The van der Waals surface area contributed by atoms with Crippen LogP contribution in [0, 0.1) is 0 Å². The van der Waals surface area contributed by atoms with E-state index in [9.17, 15) is 4.79 Å². The Balaban J connectivity index is 2.21. The summed E-state index contributed by atoms with van der Waals surface area (Å²) in [6, 6.07) is 10.3.